The molecule has 0 atom stereocenters. The topological polar surface area (TPSA) is 105 Å². The van der Waals surface area contributed by atoms with E-state index in [2.05, 4.69) is 19.7 Å². The second kappa shape index (κ2) is 16.1. The van der Waals surface area contributed by atoms with E-state index in [9.17, 15) is 19.2 Å². The van der Waals surface area contributed by atoms with Gasteiger partial charge in [0.25, 0.3) is 0 Å². The van der Waals surface area contributed by atoms with E-state index in [4.69, 9.17) is 18.9 Å². The molecule has 0 aliphatic heterocycles. The number of halogens is 1. The summed E-state index contributed by atoms with van der Waals surface area (Å²) in [5.74, 6) is -2.80. The molecular weight excluding hydrogens is 663 g/mol. The standard InChI is InChI=1S/C43H39FO8/c1-25(2)39(45)49-35-21-19-33(24-38(35)51-41(47)27(5)6)30-15-13-29(14-16-30)32-18-17-31(34(44)23-32)12-10-28-11-20-36(52-42(48)43(7,8)9)37(22-28)50-40(46)26(3)4/h10-24H,1,3,5H2,2,4,6-9H3/b12-10+. The lowest BCUT2D eigenvalue weighted by Gasteiger charge is -2.18. The number of ether oxygens (including phenoxy) is 4. The van der Waals surface area contributed by atoms with Crippen molar-refractivity contribution in [3.8, 4) is 45.3 Å². The fourth-order valence-corrected chi connectivity index (χ4v) is 4.34. The van der Waals surface area contributed by atoms with Crippen molar-refractivity contribution in [3.63, 3.8) is 0 Å². The van der Waals surface area contributed by atoms with Crippen LogP contribution in [0.4, 0.5) is 4.39 Å². The van der Waals surface area contributed by atoms with Crippen LogP contribution in [0.3, 0.4) is 0 Å². The Labute approximate surface area is 302 Å². The molecule has 4 aromatic rings. The van der Waals surface area contributed by atoms with Crippen molar-refractivity contribution in [2.24, 2.45) is 5.41 Å². The van der Waals surface area contributed by atoms with Crippen molar-refractivity contribution >= 4 is 36.0 Å². The molecule has 4 aromatic carbocycles. The molecule has 8 nitrogen and oxygen atoms in total. The first-order valence-electron chi connectivity index (χ1n) is 16.1. The summed E-state index contributed by atoms with van der Waals surface area (Å²) in [4.78, 5) is 49.2. The van der Waals surface area contributed by atoms with Crippen LogP contribution >= 0.6 is 0 Å². The lowest BCUT2D eigenvalue weighted by molar-refractivity contribution is -0.143. The Balaban J connectivity index is 1.56. The molecule has 0 aromatic heterocycles. The Kier molecular flexibility index (Phi) is 11.9. The van der Waals surface area contributed by atoms with Crippen molar-refractivity contribution in [1.29, 1.82) is 0 Å². The minimum atomic E-state index is -0.789. The Morgan fingerprint density at radius 2 is 0.962 bits per heavy atom. The number of carbonyl (C=O) groups is 4. The lowest BCUT2D eigenvalue weighted by Crippen LogP contribution is -2.26. The number of hydrogen-bond donors (Lipinski definition) is 0. The zero-order valence-corrected chi connectivity index (χ0v) is 29.9. The number of esters is 4. The van der Waals surface area contributed by atoms with E-state index >= 15 is 4.39 Å². The maximum atomic E-state index is 15.3. The Morgan fingerprint density at radius 1 is 0.538 bits per heavy atom. The smallest absolute Gasteiger partial charge is 0.338 e. The van der Waals surface area contributed by atoms with Crippen molar-refractivity contribution < 1.29 is 42.5 Å². The van der Waals surface area contributed by atoms with Gasteiger partial charge in [0.15, 0.2) is 23.0 Å². The zero-order chi connectivity index (χ0) is 38.3. The molecule has 0 saturated carbocycles. The van der Waals surface area contributed by atoms with E-state index < -0.39 is 35.1 Å². The van der Waals surface area contributed by atoms with Gasteiger partial charge < -0.3 is 18.9 Å². The number of benzene rings is 4. The molecule has 4 rings (SSSR count). The second-order valence-corrected chi connectivity index (χ2v) is 13.2. The zero-order valence-electron chi connectivity index (χ0n) is 29.9. The fraction of sp³-hybridized carbons (Fsp3) is 0.163. The van der Waals surface area contributed by atoms with Gasteiger partial charge in [-0.3, -0.25) is 4.79 Å². The van der Waals surface area contributed by atoms with E-state index in [1.54, 1.807) is 63.3 Å². The van der Waals surface area contributed by atoms with Crippen molar-refractivity contribution in [2.75, 3.05) is 0 Å². The molecule has 52 heavy (non-hydrogen) atoms. The molecule has 0 heterocycles. The molecule has 0 unspecified atom stereocenters. The monoisotopic (exact) mass is 702 g/mol. The minimum Gasteiger partial charge on any atom is -0.422 e. The fourth-order valence-electron chi connectivity index (χ4n) is 4.34. The van der Waals surface area contributed by atoms with Crippen LogP contribution in [0.2, 0.25) is 0 Å². The average molecular weight is 703 g/mol. The molecule has 0 aliphatic rings. The Bertz CT molecular complexity index is 2130. The summed E-state index contributed by atoms with van der Waals surface area (Å²) in [6, 6.07) is 21.7. The molecular formula is C43H39FO8. The van der Waals surface area contributed by atoms with Gasteiger partial charge >= 0.3 is 23.9 Å². The SMILES string of the molecule is C=C(C)C(=O)Oc1ccc(-c2ccc(-c3ccc(/C=C/c4ccc(OC(=O)C(C)(C)C)c(OC(=O)C(=C)C)c4)c(F)c3)cc2)cc1OC(=O)C(=C)C. The third-order valence-electron chi connectivity index (χ3n) is 7.39. The molecule has 0 bridgehead atoms. The molecule has 9 heteroatoms. The molecule has 0 radical (unpaired) electrons. The second-order valence-electron chi connectivity index (χ2n) is 13.2. The maximum Gasteiger partial charge on any atom is 0.338 e. The van der Waals surface area contributed by atoms with E-state index in [1.165, 1.54) is 45.0 Å². The largest absolute Gasteiger partial charge is 0.422 e. The highest BCUT2D eigenvalue weighted by atomic mass is 19.1. The predicted molar refractivity (Wildman–Crippen MR) is 199 cm³/mol. The summed E-state index contributed by atoms with van der Waals surface area (Å²) in [6.45, 7) is 20.4. The number of rotatable bonds is 11. The van der Waals surface area contributed by atoms with Gasteiger partial charge in [-0.1, -0.05) is 80.4 Å². The summed E-state index contributed by atoms with van der Waals surface area (Å²) < 4.78 is 37.1. The van der Waals surface area contributed by atoms with Crippen LogP contribution in [-0.2, 0) is 19.2 Å². The Hall–Kier alpha value is -6.35. The van der Waals surface area contributed by atoms with Crippen LogP contribution in [0.25, 0.3) is 34.4 Å². The van der Waals surface area contributed by atoms with Gasteiger partial charge in [-0.2, -0.15) is 0 Å². The molecule has 266 valence electrons. The summed E-state index contributed by atoms with van der Waals surface area (Å²) in [6.07, 6.45) is 3.23. The van der Waals surface area contributed by atoms with Gasteiger partial charge in [0.05, 0.1) is 5.41 Å². The van der Waals surface area contributed by atoms with Gasteiger partial charge in [-0.25, -0.2) is 18.8 Å². The van der Waals surface area contributed by atoms with E-state index in [-0.39, 0.29) is 39.7 Å². The van der Waals surface area contributed by atoms with Crippen LogP contribution in [0, 0.1) is 11.2 Å². The summed E-state index contributed by atoms with van der Waals surface area (Å²) in [5, 5.41) is 0. The maximum absolute atomic E-state index is 15.3. The summed E-state index contributed by atoms with van der Waals surface area (Å²) >= 11 is 0. The minimum absolute atomic E-state index is 0.0262. The van der Waals surface area contributed by atoms with Crippen LogP contribution < -0.4 is 18.9 Å². The van der Waals surface area contributed by atoms with Crippen LogP contribution in [0.15, 0.2) is 115 Å². The van der Waals surface area contributed by atoms with Gasteiger partial charge in [0.1, 0.15) is 5.82 Å². The molecule has 0 N–H and O–H groups in total. The highest BCUT2D eigenvalue weighted by Crippen LogP contribution is 2.35. The van der Waals surface area contributed by atoms with E-state index in [0.29, 0.717) is 22.3 Å². The summed E-state index contributed by atoms with van der Waals surface area (Å²) in [5.41, 5.74) is 3.45. The molecule has 0 aliphatic carbocycles. The first-order valence-corrected chi connectivity index (χ1v) is 16.1. The van der Waals surface area contributed by atoms with Crippen molar-refractivity contribution in [1.82, 2.24) is 0 Å². The first kappa shape index (κ1) is 38.5. The highest BCUT2D eigenvalue weighted by molar-refractivity contribution is 5.92. The highest BCUT2D eigenvalue weighted by Gasteiger charge is 2.25. The first-order chi connectivity index (χ1) is 24.4. The van der Waals surface area contributed by atoms with E-state index in [1.807, 2.05) is 24.3 Å². The van der Waals surface area contributed by atoms with Crippen molar-refractivity contribution in [3.05, 3.63) is 132 Å². The van der Waals surface area contributed by atoms with Crippen LogP contribution in [-0.4, -0.2) is 23.9 Å². The number of hydrogen-bond acceptors (Lipinski definition) is 8. The van der Waals surface area contributed by atoms with Crippen LogP contribution in [0.1, 0.15) is 52.7 Å². The van der Waals surface area contributed by atoms with Crippen molar-refractivity contribution in [2.45, 2.75) is 41.5 Å². The molecule has 0 spiro atoms. The average Bonchev–Trinajstić information content (AvgIpc) is 3.08. The van der Waals surface area contributed by atoms with Gasteiger partial charge in [-0.05, 0) is 99.7 Å². The number of carbonyl (C=O) groups excluding carboxylic acids is 4. The quantitative estimate of drug-likeness (QED) is 0.0659. The third-order valence-corrected chi connectivity index (χ3v) is 7.39. The lowest BCUT2D eigenvalue weighted by atomic mass is 9.97. The van der Waals surface area contributed by atoms with Gasteiger partial charge in [0, 0.05) is 22.3 Å². The normalized spacial score (nSPS) is 11.1. The summed E-state index contributed by atoms with van der Waals surface area (Å²) in [7, 11) is 0. The van der Waals surface area contributed by atoms with Gasteiger partial charge in [0.2, 0.25) is 0 Å². The molecule has 0 fully saturated rings. The third kappa shape index (κ3) is 9.88. The van der Waals surface area contributed by atoms with Gasteiger partial charge in [-0.15, -0.1) is 0 Å². The van der Waals surface area contributed by atoms with E-state index in [0.717, 1.165) is 11.1 Å². The van der Waals surface area contributed by atoms with Crippen LogP contribution in [0.5, 0.6) is 23.0 Å². The molecule has 0 amide bonds. The predicted octanol–water partition coefficient (Wildman–Crippen LogP) is 9.73. The Morgan fingerprint density at radius 3 is 1.46 bits per heavy atom. The molecule has 0 saturated heterocycles.